The van der Waals surface area contributed by atoms with Crippen molar-refractivity contribution in [2.75, 3.05) is 19.2 Å². The molecule has 0 aromatic heterocycles. The number of anilines is 1. The van der Waals surface area contributed by atoms with Crippen LogP contribution in [-0.4, -0.2) is 26.3 Å². The summed E-state index contributed by atoms with van der Waals surface area (Å²) in [7, 11) is 3.33. The molecule has 0 spiro atoms. The third-order valence-electron chi connectivity index (χ3n) is 5.18. The SMILES string of the molecule is COc1ccc(OC)c(C2CCC3C(=O)N(c4ccccc4)NC3N2)c1. The van der Waals surface area contributed by atoms with Crippen molar-refractivity contribution in [1.29, 1.82) is 0 Å². The van der Waals surface area contributed by atoms with Crippen molar-refractivity contribution < 1.29 is 14.3 Å². The number of fused-ring (bicyclic) bond motifs is 1. The van der Waals surface area contributed by atoms with E-state index in [9.17, 15) is 4.79 Å². The van der Waals surface area contributed by atoms with Gasteiger partial charge in [-0.05, 0) is 43.2 Å². The minimum absolute atomic E-state index is 0.0666. The van der Waals surface area contributed by atoms with Crippen LogP contribution in [0.4, 0.5) is 5.69 Å². The maximum atomic E-state index is 12.8. The minimum Gasteiger partial charge on any atom is -0.497 e. The number of amides is 1. The van der Waals surface area contributed by atoms with Gasteiger partial charge in [-0.25, -0.2) is 10.4 Å². The normalized spacial score (nSPS) is 25.1. The number of nitrogens with zero attached hydrogens (tertiary/aromatic N) is 1. The molecule has 2 aromatic carbocycles. The third kappa shape index (κ3) is 2.91. The van der Waals surface area contributed by atoms with Crippen molar-refractivity contribution in [1.82, 2.24) is 10.7 Å². The van der Waals surface area contributed by atoms with Crippen LogP contribution in [0.2, 0.25) is 0 Å². The molecular formula is C20H23N3O3. The number of carbonyl (C=O) groups excluding carboxylic acids is 1. The van der Waals surface area contributed by atoms with Crippen molar-refractivity contribution >= 4 is 11.6 Å². The average Bonchev–Trinajstić information content (AvgIpc) is 3.04. The van der Waals surface area contributed by atoms with Gasteiger partial charge < -0.3 is 9.47 Å². The fourth-order valence-electron chi connectivity index (χ4n) is 3.83. The molecule has 6 nitrogen and oxygen atoms in total. The molecule has 2 saturated heterocycles. The minimum atomic E-state index is -0.0997. The molecule has 136 valence electrons. The van der Waals surface area contributed by atoms with Crippen LogP contribution >= 0.6 is 0 Å². The highest BCUT2D eigenvalue weighted by molar-refractivity contribution is 5.96. The van der Waals surface area contributed by atoms with Crippen molar-refractivity contribution in [3.8, 4) is 11.5 Å². The van der Waals surface area contributed by atoms with Gasteiger partial charge in [-0.3, -0.25) is 10.1 Å². The quantitative estimate of drug-likeness (QED) is 0.885. The number of para-hydroxylation sites is 1. The van der Waals surface area contributed by atoms with Gasteiger partial charge in [0, 0.05) is 11.6 Å². The van der Waals surface area contributed by atoms with Crippen molar-refractivity contribution in [2.24, 2.45) is 5.92 Å². The average molecular weight is 353 g/mol. The second-order valence-electron chi connectivity index (χ2n) is 6.63. The summed E-state index contributed by atoms with van der Waals surface area (Å²) in [5.74, 6) is 1.67. The number of rotatable bonds is 4. The molecule has 3 unspecified atom stereocenters. The number of benzene rings is 2. The summed E-state index contributed by atoms with van der Waals surface area (Å²) in [6, 6.07) is 15.6. The molecule has 0 bridgehead atoms. The lowest BCUT2D eigenvalue weighted by atomic mass is 9.88. The molecule has 2 N–H and O–H groups in total. The van der Waals surface area contributed by atoms with E-state index in [0.717, 1.165) is 35.6 Å². The molecule has 1 amide bonds. The van der Waals surface area contributed by atoms with Gasteiger partial charge in [0.05, 0.1) is 32.0 Å². The Hall–Kier alpha value is -2.57. The summed E-state index contributed by atoms with van der Waals surface area (Å²) in [5, 5.41) is 5.24. The molecule has 2 aliphatic heterocycles. The molecule has 2 fully saturated rings. The van der Waals surface area contributed by atoms with Crippen molar-refractivity contribution in [2.45, 2.75) is 25.0 Å². The second kappa shape index (κ2) is 6.97. The Labute approximate surface area is 153 Å². The highest BCUT2D eigenvalue weighted by Crippen LogP contribution is 2.38. The van der Waals surface area contributed by atoms with Gasteiger partial charge in [0.1, 0.15) is 11.5 Å². The maximum absolute atomic E-state index is 12.8. The van der Waals surface area contributed by atoms with Gasteiger partial charge in [-0.1, -0.05) is 18.2 Å². The van der Waals surface area contributed by atoms with E-state index < -0.39 is 0 Å². The molecule has 2 aromatic rings. The first-order valence-corrected chi connectivity index (χ1v) is 8.84. The molecule has 2 heterocycles. The number of methoxy groups -OCH3 is 2. The van der Waals surface area contributed by atoms with E-state index in [2.05, 4.69) is 10.7 Å². The summed E-state index contributed by atoms with van der Waals surface area (Å²) in [6.45, 7) is 0. The number of hydrogen-bond donors (Lipinski definition) is 2. The van der Waals surface area contributed by atoms with E-state index in [1.165, 1.54) is 0 Å². The lowest BCUT2D eigenvalue weighted by Gasteiger charge is -2.32. The van der Waals surface area contributed by atoms with E-state index in [-0.39, 0.29) is 24.0 Å². The summed E-state index contributed by atoms with van der Waals surface area (Å²) >= 11 is 0. The number of hydrogen-bond acceptors (Lipinski definition) is 5. The van der Waals surface area contributed by atoms with Crippen LogP contribution < -0.4 is 25.2 Å². The molecular weight excluding hydrogens is 330 g/mol. The number of piperidine rings is 1. The largest absolute Gasteiger partial charge is 0.497 e. The molecule has 3 atom stereocenters. The monoisotopic (exact) mass is 353 g/mol. The van der Waals surface area contributed by atoms with Gasteiger partial charge in [0.15, 0.2) is 0 Å². The van der Waals surface area contributed by atoms with E-state index in [1.807, 2.05) is 48.5 Å². The maximum Gasteiger partial charge on any atom is 0.247 e. The van der Waals surface area contributed by atoms with E-state index >= 15 is 0 Å². The van der Waals surface area contributed by atoms with Crippen LogP contribution in [0.25, 0.3) is 0 Å². The standard InChI is InChI=1S/C20H23N3O3/c1-25-14-8-11-18(26-2)16(12-14)17-10-9-15-19(21-17)22-23(20(15)24)13-6-4-3-5-7-13/h3-8,11-12,15,17,19,21-22H,9-10H2,1-2H3. The van der Waals surface area contributed by atoms with Crippen molar-refractivity contribution in [3.05, 3.63) is 54.1 Å². The molecule has 6 heteroatoms. The summed E-state index contributed by atoms with van der Waals surface area (Å²) in [5.41, 5.74) is 5.24. The number of nitrogens with one attached hydrogen (secondary N) is 2. The van der Waals surface area contributed by atoms with E-state index in [0.29, 0.717) is 0 Å². The molecule has 0 aliphatic carbocycles. The third-order valence-corrected chi connectivity index (χ3v) is 5.18. The van der Waals surface area contributed by atoms with Crippen LogP contribution in [0.5, 0.6) is 11.5 Å². The Bertz CT molecular complexity index is 796. The topological polar surface area (TPSA) is 62.8 Å². The van der Waals surface area contributed by atoms with E-state index in [1.54, 1.807) is 19.2 Å². The van der Waals surface area contributed by atoms with Crippen LogP contribution in [0.15, 0.2) is 48.5 Å². The zero-order valence-corrected chi connectivity index (χ0v) is 14.9. The van der Waals surface area contributed by atoms with Gasteiger partial charge >= 0.3 is 0 Å². The predicted molar refractivity (Wildman–Crippen MR) is 99.0 cm³/mol. The van der Waals surface area contributed by atoms with Crippen LogP contribution in [0.3, 0.4) is 0 Å². The first-order valence-electron chi connectivity index (χ1n) is 8.84. The van der Waals surface area contributed by atoms with Crippen LogP contribution in [0.1, 0.15) is 24.4 Å². The lowest BCUT2D eigenvalue weighted by molar-refractivity contribution is -0.121. The Morgan fingerprint density at radius 1 is 1.04 bits per heavy atom. The molecule has 26 heavy (non-hydrogen) atoms. The fourth-order valence-corrected chi connectivity index (χ4v) is 3.83. The number of ether oxygens (including phenoxy) is 2. The highest BCUT2D eigenvalue weighted by Gasteiger charge is 2.44. The Morgan fingerprint density at radius 2 is 1.85 bits per heavy atom. The van der Waals surface area contributed by atoms with Crippen LogP contribution in [-0.2, 0) is 4.79 Å². The first-order chi connectivity index (χ1) is 12.7. The fraction of sp³-hybridized carbons (Fsp3) is 0.350. The van der Waals surface area contributed by atoms with Gasteiger partial charge in [0.25, 0.3) is 0 Å². The first kappa shape index (κ1) is 16.9. The smallest absolute Gasteiger partial charge is 0.247 e. The molecule has 4 rings (SSSR count). The Kier molecular flexibility index (Phi) is 4.53. The van der Waals surface area contributed by atoms with Gasteiger partial charge in [-0.2, -0.15) is 0 Å². The van der Waals surface area contributed by atoms with Crippen LogP contribution in [0, 0.1) is 5.92 Å². The van der Waals surface area contributed by atoms with Gasteiger partial charge in [0.2, 0.25) is 5.91 Å². The van der Waals surface area contributed by atoms with E-state index in [4.69, 9.17) is 9.47 Å². The number of hydrazine groups is 1. The summed E-state index contributed by atoms with van der Waals surface area (Å²) in [4.78, 5) is 12.8. The zero-order chi connectivity index (χ0) is 18.1. The predicted octanol–water partition coefficient (Wildman–Crippen LogP) is 2.62. The lowest BCUT2D eigenvalue weighted by Crippen LogP contribution is -2.49. The molecule has 0 saturated carbocycles. The summed E-state index contributed by atoms with van der Waals surface area (Å²) in [6.07, 6.45) is 1.58. The number of carbonyl (C=O) groups is 1. The van der Waals surface area contributed by atoms with Crippen molar-refractivity contribution in [3.63, 3.8) is 0 Å². The van der Waals surface area contributed by atoms with Gasteiger partial charge in [-0.15, -0.1) is 0 Å². The summed E-state index contributed by atoms with van der Waals surface area (Å²) < 4.78 is 10.9. The zero-order valence-electron chi connectivity index (χ0n) is 14.9. The second-order valence-corrected chi connectivity index (χ2v) is 6.63. The Balaban J connectivity index is 1.56. The molecule has 0 radical (unpaired) electrons. The highest BCUT2D eigenvalue weighted by atomic mass is 16.5. The Morgan fingerprint density at radius 3 is 2.58 bits per heavy atom. The molecule has 2 aliphatic rings.